The van der Waals surface area contributed by atoms with Crippen molar-refractivity contribution in [2.45, 2.75) is 6.92 Å². The number of amides is 1. The molecule has 2 aromatic carbocycles. The molecule has 0 fully saturated rings. The molecule has 0 aliphatic heterocycles. The predicted molar refractivity (Wildman–Crippen MR) is 71.0 cm³/mol. The Labute approximate surface area is 105 Å². The highest BCUT2D eigenvalue weighted by Crippen LogP contribution is 2.12. The molecule has 2 aromatic rings. The van der Waals surface area contributed by atoms with E-state index in [1.807, 2.05) is 25.1 Å². The number of carbonyl (C=O) groups excluding carboxylic acids is 2. The highest BCUT2D eigenvalue weighted by Gasteiger charge is 2.06. The van der Waals surface area contributed by atoms with Crippen LogP contribution in [0.3, 0.4) is 0 Å². The fourth-order valence-electron chi connectivity index (χ4n) is 1.68. The molecule has 3 heteroatoms. The number of rotatable bonds is 3. The Morgan fingerprint density at radius 3 is 2.61 bits per heavy atom. The minimum atomic E-state index is -0.179. The molecule has 90 valence electrons. The lowest BCUT2D eigenvalue weighted by molar-refractivity contribution is 0.102. The minimum absolute atomic E-state index is 0.179. The molecule has 1 N–H and O–H groups in total. The van der Waals surface area contributed by atoms with Crippen molar-refractivity contribution in [1.82, 2.24) is 0 Å². The van der Waals surface area contributed by atoms with Crippen LogP contribution >= 0.6 is 0 Å². The third-order valence-corrected chi connectivity index (χ3v) is 2.56. The van der Waals surface area contributed by atoms with Crippen LogP contribution in [0.2, 0.25) is 0 Å². The zero-order valence-corrected chi connectivity index (χ0v) is 10.0. The van der Waals surface area contributed by atoms with Crippen molar-refractivity contribution < 1.29 is 9.59 Å². The maximum atomic E-state index is 12.0. The van der Waals surface area contributed by atoms with Gasteiger partial charge < -0.3 is 5.32 Å². The maximum Gasteiger partial charge on any atom is 0.255 e. The first kappa shape index (κ1) is 12.0. The molecular formula is C15H13NO2. The second-order valence-corrected chi connectivity index (χ2v) is 4.07. The van der Waals surface area contributed by atoms with E-state index in [1.165, 1.54) is 0 Å². The minimum Gasteiger partial charge on any atom is -0.322 e. The lowest BCUT2D eigenvalue weighted by Crippen LogP contribution is -2.12. The van der Waals surface area contributed by atoms with Crippen molar-refractivity contribution >= 4 is 17.9 Å². The summed E-state index contributed by atoms with van der Waals surface area (Å²) >= 11 is 0. The second-order valence-electron chi connectivity index (χ2n) is 4.07. The molecule has 0 bridgehead atoms. The highest BCUT2D eigenvalue weighted by molar-refractivity contribution is 6.04. The molecule has 2 rings (SSSR count). The molecule has 0 heterocycles. The van der Waals surface area contributed by atoms with E-state index >= 15 is 0 Å². The van der Waals surface area contributed by atoms with Crippen molar-refractivity contribution in [2.24, 2.45) is 0 Å². The summed E-state index contributed by atoms with van der Waals surface area (Å²) in [6.45, 7) is 1.93. The monoisotopic (exact) mass is 239 g/mol. The van der Waals surface area contributed by atoms with Crippen LogP contribution < -0.4 is 5.32 Å². The van der Waals surface area contributed by atoms with Crippen molar-refractivity contribution in [3.8, 4) is 0 Å². The molecule has 0 unspecified atom stereocenters. The second kappa shape index (κ2) is 5.27. The third kappa shape index (κ3) is 2.83. The first-order chi connectivity index (χ1) is 8.69. The van der Waals surface area contributed by atoms with Crippen LogP contribution in [-0.2, 0) is 0 Å². The van der Waals surface area contributed by atoms with Crippen molar-refractivity contribution in [1.29, 1.82) is 0 Å². The third-order valence-electron chi connectivity index (χ3n) is 2.56. The molecule has 3 nitrogen and oxygen atoms in total. The van der Waals surface area contributed by atoms with E-state index < -0.39 is 0 Å². The van der Waals surface area contributed by atoms with Crippen LogP contribution in [0.4, 0.5) is 5.69 Å². The average molecular weight is 239 g/mol. The molecular weight excluding hydrogens is 226 g/mol. The zero-order chi connectivity index (χ0) is 13.0. The van der Waals surface area contributed by atoms with E-state index in [0.717, 1.165) is 11.8 Å². The Morgan fingerprint density at radius 2 is 1.89 bits per heavy atom. The number of aldehydes is 1. The smallest absolute Gasteiger partial charge is 0.255 e. The van der Waals surface area contributed by atoms with Gasteiger partial charge in [0.15, 0.2) is 0 Å². The normalized spacial score (nSPS) is 9.83. The summed E-state index contributed by atoms with van der Waals surface area (Å²) in [7, 11) is 0. The summed E-state index contributed by atoms with van der Waals surface area (Å²) in [5, 5.41) is 2.76. The Bertz CT molecular complexity index is 591. The van der Waals surface area contributed by atoms with Gasteiger partial charge in [0.25, 0.3) is 5.91 Å². The molecule has 0 saturated carbocycles. The van der Waals surface area contributed by atoms with Crippen LogP contribution in [0.1, 0.15) is 26.3 Å². The predicted octanol–water partition coefficient (Wildman–Crippen LogP) is 3.06. The zero-order valence-electron chi connectivity index (χ0n) is 10.0. The molecule has 1 amide bonds. The molecule has 0 aromatic heterocycles. The van der Waals surface area contributed by atoms with Crippen molar-refractivity contribution in [3.63, 3.8) is 0 Å². The number of hydrogen-bond acceptors (Lipinski definition) is 2. The summed E-state index contributed by atoms with van der Waals surface area (Å²) in [6, 6.07) is 14.2. The number of anilines is 1. The Hall–Kier alpha value is -2.42. The van der Waals surface area contributed by atoms with Crippen LogP contribution in [-0.4, -0.2) is 12.2 Å². The van der Waals surface area contributed by atoms with Gasteiger partial charge >= 0.3 is 0 Å². The first-order valence-electron chi connectivity index (χ1n) is 5.62. The summed E-state index contributed by atoms with van der Waals surface area (Å²) in [4.78, 5) is 22.6. The largest absolute Gasteiger partial charge is 0.322 e. The van der Waals surface area contributed by atoms with Crippen molar-refractivity contribution in [2.75, 3.05) is 5.32 Å². The molecule has 0 aliphatic rings. The number of carbonyl (C=O) groups is 2. The van der Waals surface area contributed by atoms with Crippen LogP contribution in [0.25, 0.3) is 0 Å². The van der Waals surface area contributed by atoms with E-state index in [-0.39, 0.29) is 5.91 Å². The fourth-order valence-corrected chi connectivity index (χ4v) is 1.68. The average Bonchev–Trinajstić information content (AvgIpc) is 2.39. The van der Waals surface area contributed by atoms with E-state index in [4.69, 9.17) is 0 Å². The van der Waals surface area contributed by atoms with E-state index in [9.17, 15) is 9.59 Å². The van der Waals surface area contributed by atoms with Gasteiger partial charge in [-0.15, -0.1) is 0 Å². The molecule has 0 aliphatic carbocycles. The Morgan fingerprint density at radius 1 is 1.11 bits per heavy atom. The van der Waals surface area contributed by atoms with Gasteiger partial charge in [-0.2, -0.15) is 0 Å². The number of nitrogens with one attached hydrogen (secondary N) is 1. The molecule has 0 spiro atoms. The van der Waals surface area contributed by atoms with E-state index in [2.05, 4.69) is 5.32 Å². The lowest BCUT2D eigenvalue weighted by Gasteiger charge is -2.06. The van der Waals surface area contributed by atoms with Crippen LogP contribution in [0.15, 0.2) is 48.5 Å². The van der Waals surface area contributed by atoms with Gasteiger partial charge in [-0.05, 0) is 31.2 Å². The van der Waals surface area contributed by atoms with Gasteiger partial charge in [0.1, 0.15) is 6.29 Å². The molecule has 0 saturated heterocycles. The van der Waals surface area contributed by atoms with Gasteiger partial charge in [0.2, 0.25) is 0 Å². The van der Waals surface area contributed by atoms with E-state index in [0.29, 0.717) is 16.8 Å². The van der Waals surface area contributed by atoms with Gasteiger partial charge in [-0.3, -0.25) is 9.59 Å². The van der Waals surface area contributed by atoms with Crippen molar-refractivity contribution in [3.05, 3.63) is 65.2 Å². The van der Waals surface area contributed by atoms with Gasteiger partial charge in [0, 0.05) is 16.8 Å². The van der Waals surface area contributed by atoms with Crippen LogP contribution in [0.5, 0.6) is 0 Å². The molecule has 0 atom stereocenters. The van der Waals surface area contributed by atoms with E-state index in [1.54, 1.807) is 30.3 Å². The standard InChI is InChI=1S/C15H13NO2/c1-11-4-2-6-13(8-11)15(18)16-14-7-3-5-12(9-14)10-17/h2-10H,1H3,(H,16,18). The quantitative estimate of drug-likeness (QED) is 0.837. The lowest BCUT2D eigenvalue weighted by atomic mass is 10.1. The maximum absolute atomic E-state index is 12.0. The first-order valence-corrected chi connectivity index (χ1v) is 5.62. The number of aryl methyl sites for hydroxylation is 1. The fraction of sp³-hybridized carbons (Fsp3) is 0.0667. The summed E-state index contributed by atoms with van der Waals surface area (Å²) < 4.78 is 0. The van der Waals surface area contributed by atoms with Gasteiger partial charge in [-0.1, -0.05) is 29.8 Å². The summed E-state index contributed by atoms with van der Waals surface area (Å²) in [5.74, 6) is -0.179. The van der Waals surface area contributed by atoms with Gasteiger partial charge in [0.05, 0.1) is 0 Å². The summed E-state index contributed by atoms with van der Waals surface area (Å²) in [6.07, 6.45) is 0.752. The Kier molecular flexibility index (Phi) is 3.53. The molecule has 18 heavy (non-hydrogen) atoms. The SMILES string of the molecule is Cc1cccc(C(=O)Nc2cccc(C=O)c2)c1. The molecule has 0 radical (unpaired) electrons. The van der Waals surface area contributed by atoms with Gasteiger partial charge in [-0.25, -0.2) is 0 Å². The highest BCUT2D eigenvalue weighted by atomic mass is 16.1. The van der Waals surface area contributed by atoms with Crippen LogP contribution in [0, 0.1) is 6.92 Å². The topological polar surface area (TPSA) is 46.2 Å². The number of hydrogen-bond donors (Lipinski definition) is 1. The summed E-state index contributed by atoms with van der Waals surface area (Å²) in [5.41, 5.74) is 2.79. The Balaban J connectivity index is 2.18. The number of benzene rings is 2.